The van der Waals surface area contributed by atoms with Crippen LogP contribution in [0.2, 0.25) is 0 Å². The maximum Gasteiger partial charge on any atom is 0.160 e. The summed E-state index contributed by atoms with van der Waals surface area (Å²) >= 11 is 0. The highest BCUT2D eigenvalue weighted by molar-refractivity contribution is 6.24. The van der Waals surface area contributed by atoms with E-state index in [2.05, 4.69) is 217 Å². The van der Waals surface area contributed by atoms with Crippen LogP contribution in [0, 0.1) is 0 Å². The Morgan fingerprint density at radius 2 is 0.735 bits per heavy atom. The molecule has 14 rings (SSSR count). The molecule has 0 radical (unpaired) electrons. The van der Waals surface area contributed by atoms with Gasteiger partial charge in [0.05, 0.1) is 27.9 Å². The van der Waals surface area contributed by atoms with E-state index in [1.807, 2.05) is 24.3 Å². The van der Waals surface area contributed by atoms with E-state index in [0.29, 0.717) is 5.82 Å². The molecule has 4 heterocycles. The number of rotatable bonds is 7. The first kappa shape index (κ1) is 38.2. The number of benzene rings is 10. The van der Waals surface area contributed by atoms with E-state index >= 15 is 0 Å². The molecule has 0 amide bonds. The Morgan fingerprint density at radius 1 is 0.294 bits per heavy atom. The molecule has 0 fully saturated rings. The van der Waals surface area contributed by atoms with Gasteiger partial charge in [-0.15, -0.1) is 0 Å². The predicted octanol–water partition coefficient (Wildman–Crippen LogP) is 17.2. The van der Waals surface area contributed by atoms with Gasteiger partial charge in [-0.2, -0.15) is 0 Å². The normalized spacial score (nSPS) is 11.8. The van der Waals surface area contributed by atoms with Crippen LogP contribution in [-0.4, -0.2) is 14.4 Å². The van der Waals surface area contributed by atoms with Gasteiger partial charge in [0, 0.05) is 49.0 Å². The monoisotopic (exact) mass is 865 g/mol. The minimum atomic E-state index is 0.697. The molecule has 0 atom stereocenters. The molecule has 0 N–H and O–H groups in total. The van der Waals surface area contributed by atoms with Crippen LogP contribution in [0.25, 0.3) is 138 Å². The molecule has 0 saturated heterocycles. The topological polar surface area (TPSA) is 43.3 Å². The molecule has 10 aromatic carbocycles. The third-order valence-corrected chi connectivity index (χ3v) is 13.7. The Labute approximate surface area is 392 Å². The summed E-state index contributed by atoms with van der Waals surface area (Å²) in [6, 6.07) is 84.5. The SMILES string of the molecule is c1ccc(-c2cc(-c3ccccc3)nc(-c3cccc(-c4cccc(-c5ccc6c7cccc8c9ccc(-c%10cccc(-c%11cccc%12oc%13ccccc%13c%11%12)c%10)cc9n(c6c5)c78)c4)c3)n2)cc1. The van der Waals surface area contributed by atoms with Gasteiger partial charge in [-0.1, -0.05) is 188 Å². The molecule has 316 valence electrons. The summed E-state index contributed by atoms with van der Waals surface area (Å²) in [4.78, 5) is 10.2. The van der Waals surface area contributed by atoms with Gasteiger partial charge < -0.3 is 8.82 Å². The summed E-state index contributed by atoms with van der Waals surface area (Å²) < 4.78 is 8.76. The molecular formula is C64H39N3O. The van der Waals surface area contributed by atoms with Crippen LogP contribution in [-0.2, 0) is 0 Å². The zero-order chi connectivity index (χ0) is 44.7. The van der Waals surface area contributed by atoms with Crippen LogP contribution in [0.15, 0.2) is 241 Å². The summed E-state index contributed by atoms with van der Waals surface area (Å²) in [5.41, 5.74) is 19.6. The van der Waals surface area contributed by atoms with E-state index in [9.17, 15) is 0 Å². The first-order valence-corrected chi connectivity index (χ1v) is 23.1. The van der Waals surface area contributed by atoms with Crippen LogP contribution in [0.1, 0.15) is 0 Å². The Morgan fingerprint density at radius 3 is 1.35 bits per heavy atom. The summed E-state index contributed by atoms with van der Waals surface area (Å²) in [6.45, 7) is 0. The molecule has 4 aromatic heterocycles. The molecular weight excluding hydrogens is 827 g/mol. The van der Waals surface area contributed by atoms with Crippen molar-refractivity contribution in [1.29, 1.82) is 0 Å². The summed E-state index contributed by atoms with van der Waals surface area (Å²) in [5, 5.41) is 7.33. The van der Waals surface area contributed by atoms with Gasteiger partial charge in [-0.25, -0.2) is 9.97 Å². The quantitative estimate of drug-likeness (QED) is 0.160. The first-order chi connectivity index (χ1) is 33.7. The Hall–Kier alpha value is -9.12. The highest BCUT2D eigenvalue weighted by atomic mass is 16.3. The van der Waals surface area contributed by atoms with Gasteiger partial charge in [0.25, 0.3) is 0 Å². The largest absolute Gasteiger partial charge is 0.456 e. The fraction of sp³-hybridized carbons (Fsp3) is 0. The summed E-state index contributed by atoms with van der Waals surface area (Å²) in [6.07, 6.45) is 0. The molecule has 0 aliphatic carbocycles. The average molecular weight is 866 g/mol. The van der Waals surface area contributed by atoms with Crippen molar-refractivity contribution in [1.82, 2.24) is 14.4 Å². The molecule has 0 saturated carbocycles. The van der Waals surface area contributed by atoms with E-state index < -0.39 is 0 Å². The minimum absolute atomic E-state index is 0.697. The van der Waals surface area contributed by atoms with Crippen molar-refractivity contribution in [2.75, 3.05) is 0 Å². The molecule has 4 nitrogen and oxygen atoms in total. The maximum absolute atomic E-state index is 6.27. The van der Waals surface area contributed by atoms with Gasteiger partial charge in [0.15, 0.2) is 5.82 Å². The molecule has 4 heteroatoms. The molecule has 0 unspecified atom stereocenters. The number of hydrogen-bond donors (Lipinski definition) is 0. The van der Waals surface area contributed by atoms with E-state index in [0.717, 1.165) is 66.7 Å². The molecule has 0 aliphatic heterocycles. The smallest absolute Gasteiger partial charge is 0.160 e. The maximum atomic E-state index is 6.27. The lowest BCUT2D eigenvalue weighted by Gasteiger charge is -2.11. The third kappa shape index (κ3) is 6.15. The van der Waals surface area contributed by atoms with Gasteiger partial charge in [0.2, 0.25) is 0 Å². The number of para-hydroxylation sites is 2. The molecule has 0 bridgehead atoms. The zero-order valence-corrected chi connectivity index (χ0v) is 36.8. The van der Waals surface area contributed by atoms with Crippen molar-refractivity contribution in [3.05, 3.63) is 237 Å². The second-order valence-electron chi connectivity index (χ2n) is 17.7. The Kier molecular flexibility index (Phi) is 8.55. The lowest BCUT2D eigenvalue weighted by molar-refractivity contribution is 0.669. The number of aromatic nitrogens is 3. The van der Waals surface area contributed by atoms with Crippen LogP contribution < -0.4 is 0 Å². The van der Waals surface area contributed by atoms with Crippen molar-refractivity contribution < 1.29 is 4.42 Å². The van der Waals surface area contributed by atoms with Crippen molar-refractivity contribution >= 4 is 60.0 Å². The first-order valence-electron chi connectivity index (χ1n) is 23.1. The Balaban J connectivity index is 0.858. The second-order valence-corrected chi connectivity index (χ2v) is 17.7. The Bertz CT molecular complexity index is 4200. The van der Waals surface area contributed by atoms with Gasteiger partial charge in [-0.3, -0.25) is 0 Å². The number of furan rings is 1. The van der Waals surface area contributed by atoms with Crippen molar-refractivity contribution in [2.45, 2.75) is 0 Å². The van der Waals surface area contributed by atoms with Gasteiger partial charge >= 0.3 is 0 Å². The van der Waals surface area contributed by atoms with Crippen molar-refractivity contribution in [3.8, 4) is 78.4 Å². The van der Waals surface area contributed by atoms with E-state index in [1.54, 1.807) is 0 Å². The third-order valence-electron chi connectivity index (χ3n) is 13.7. The standard InChI is InChI=1S/C64H39N3O/c1-3-14-40(15-4-1)56-39-57(41-16-5-2-6-17-41)66-64(65-56)49-23-11-21-45(36-49)42-18-9-19-43(34-42)46-30-32-51-53-26-12-27-54-52-33-31-47(38-59(52)67(63(53)54)58(51)37-46)44-20-10-22-48(35-44)50-25-13-29-61-62(50)55-24-7-8-28-60(55)68-61/h1-39H. The lowest BCUT2D eigenvalue weighted by Crippen LogP contribution is -1.96. The van der Waals surface area contributed by atoms with Crippen LogP contribution >= 0.6 is 0 Å². The van der Waals surface area contributed by atoms with Crippen molar-refractivity contribution in [3.63, 3.8) is 0 Å². The predicted molar refractivity (Wildman–Crippen MR) is 282 cm³/mol. The molecule has 0 spiro atoms. The second kappa shape index (κ2) is 15.2. The van der Waals surface area contributed by atoms with Gasteiger partial charge in [0.1, 0.15) is 11.2 Å². The number of fused-ring (bicyclic) bond motifs is 9. The molecule has 14 aromatic rings. The summed E-state index contributed by atoms with van der Waals surface area (Å²) in [5.74, 6) is 0.697. The summed E-state index contributed by atoms with van der Waals surface area (Å²) in [7, 11) is 0. The fourth-order valence-electron chi connectivity index (χ4n) is 10.5. The fourth-order valence-corrected chi connectivity index (χ4v) is 10.5. The highest BCUT2D eigenvalue weighted by Gasteiger charge is 2.20. The van der Waals surface area contributed by atoms with Crippen LogP contribution in [0.4, 0.5) is 0 Å². The zero-order valence-electron chi connectivity index (χ0n) is 36.8. The lowest BCUT2D eigenvalue weighted by atomic mass is 9.95. The van der Waals surface area contributed by atoms with Crippen molar-refractivity contribution in [2.24, 2.45) is 0 Å². The molecule has 0 aliphatic rings. The average Bonchev–Trinajstić information content (AvgIpc) is 4.08. The number of hydrogen-bond acceptors (Lipinski definition) is 3. The minimum Gasteiger partial charge on any atom is -0.456 e. The van der Waals surface area contributed by atoms with E-state index in [4.69, 9.17) is 14.4 Å². The van der Waals surface area contributed by atoms with Crippen LogP contribution in [0.5, 0.6) is 0 Å². The van der Waals surface area contributed by atoms with E-state index in [1.165, 1.54) is 65.9 Å². The molecule has 68 heavy (non-hydrogen) atoms. The number of nitrogens with zero attached hydrogens (tertiary/aromatic N) is 3. The van der Waals surface area contributed by atoms with Crippen LogP contribution in [0.3, 0.4) is 0 Å². The highest BCUT2D eigenvalue weighted by Crippen LogP contribution is 2.43. The van der Waals surface area contributed by atoms with Gasteiger partial charge in [-0.05, 0) is 93.0 Å². The van der Waals surface area contributed by atoms with E-state index in [-0.39, 0.29) is 0 Å².